The number of nitro groups is 1. The second-order valence-electron chi connectivity index (χ2n) is 5.30. The molecule has 8 nitrogen and oxygen atoms in total. The first-order valence-electron chi connectivity index (χ1n) is 7.46. The SMILES string of the molecule is Nc1nc(=O)[nH]c(-c2cccc([N+](=O)[O-])c2)c1C(=S)Nc1ccccc1. The average Bonchev–Trinajstić information content (AvgIpc) is 2.61. The number of benzene rings is 2. The lowest BCUT2D eigenvalue weighted by atomic mass is 10.1. The van der Waals surface area contributed by atoms with Gasteiger partial charge in [-0.25, -0.2) is 4.79 Å². The second-order valence-corrected chi connectivity index (χ2v) is 5.71. The summed E-state index contributed by atoms with van der Waals surface area (Å²) in [6, 6.07) is 15.0. The van der Waals surface area contributed by atoms with Crippen LogP contribution in [0.25, 0.3) is 11.3 Å². The number of aromatic nitrogens is 2. The number of hydrogen-bond donors (Lipinski definition) is 3. The average molecular weight is 367 g/mol. The highest BCUT2D eigenvalue weighted by molar-refractivity contribution is 7.81. The van der Waals surface area contributed by atoms with Crippen LogP contribution in [0.2, 0.25) is 0 Å². The van der Waals surface area contributed by atoms with Crippen LogP contribution >= 0.6 is 12.2 Å². The van der Waals surface area contributed by atoms with Crippen LogP contribution < -0.4 is 16.7 Å². The van der Waals surface area contributed by atoms with Crippen molar-refractivity contribution in [1.82, 2.24) is 9.97 Å². The molecule has 4 N–H and O–H groups in total. The quantitative estimate of drug-likeness (QED) is 0.367. The Morgan fingerprint density at radius 1 is 1.19 bits per heavy atom. The number of H-pyrrole nitrogens is 1. The van der Waals surface area contributed by atoms with E-state index in [1.54, 1.807) is 6.07 Å². The van der Waals surface area contributed by atoms with Gasteiger partial charge in [-0.2, -0.15) is 4.98 Å². The van der Waals surface area contributed by atoms with E-state index in [0.717, 1.165) is 5.69 Å². The number of nitrogen functional groups attached to an aromatic ring is 1. The zero-order chi connectivity index (χ0) is 18.7. The number of nitro benzene ring substituents is 1. The number of rotatable bonds is 4. The number of nitrogens with one attached hydrogen (secondary N) is 2. The summed E-state index contributed by atoms with van der Waals surface area (Å²) in [6.45, 7) is 0. The van der Waals surface area contributed by atoms with Gasteiger partial charge in [0.25, 0.3) is 5.69 Å². The maximum Gasteiger partial charge on any atom is 0.347 e. The molecule has 26 heavy (non-hydrogen) atoms. The van der Waals surface area contributed by atoms with Gasteiger partial charge < -0.3 is 16.0 Å². The van der Waals surface area contributed by atoms with Crippen LogP contribution in [0.15, 0.2) is 59.4 Å². The maximum absolute atomic E-state index is 11.8. The summed E-state index contributed by atoms with van der Waals surface area (Å²) in [4.78, 5) is 28.8. The lowest BCUT2D eigenvalue weighted by Gasteiger charge is -2.14. The number of non-ortho nitro benzene ring substituents is 1. The lowest BCUT2D eigenvalue weighted by Crippen LogP contribution is -2.22. The molecular formula is C17H13N5O3S. The minimum atomic E-state index is -0.671. The van der Waals surface area contributed by atoms with E-state index in [2.05, 4.69) is 15.3 Å². The van der Waals surface area contributed by atoms with E-state index in [0.29, 0.717) is 11.1 Å². The number of hydrogen-bond acceptors (Lipinski definition) is 6. The smallest absolute Gasteiger partial charge is 0.347 e. The maximum atomic E-state index is 11.8. The van der Waals surface area contributed by atoms with Crippen LogP contribution in [0.3, 0.4) is 0 Å². The molecule has 9 heteroatoms. The molecule has 0 atom stereocenters. The van der Waals surface area contributed by atoms with Crippen molar-refractivity contribution in [2.24, 2.45) is 0 Å². The summed E-state index contributed by atoms with van der Waals surface area (Å²) in [5, 5.41) is 14.1. The van der Waals surface area contributed by atoms with Gasteiger partial charge in [-0.15, -0.1) is 0 Å². The van der Waals surface area contributed by atoms with Gasteiger partial charge in [-0.3, -0.25) is 10.1 Å². The highest BCUT2D eigenvalue weighted by atomic mass is 32.1. The summed E-state index contributed by atoms with van der Waals surface area (Å²) in [6.07, 6.45) is 0. The number of nitrogens with two attached hydrogens (primary N) is 1. The lowest BCUT2D eigenvalue weighted by molar-refractivity contribution is -0.384. The van der Waals surface area contributed by atoms with Crippen molar-refractivity contribution in [2.75, 3.05) is 11.1 Å². The number of para-hydroxylation sites is 1. The first-order valence-corrected chi connectivity index (χ1v) is 7.87. The molecule has 0 spiro atoms. The summed E-state index contributed by atoms with van der Waals surface area (Å²) in [5.41, 5.74) is 6.82. The zero-order valence-electron chi connectivity index (χ0n) is 13.3. The van der Waals surface area contributed by atoms with Crippen molar-refractivity contribution < 1.29 is 4.92 Å². The third kappa shape index (κ3) is 3.57. The van der Waals surface area contributed by atoms with Gasteiger partial charge in [0.15, 0.2) is 0 Å². The predicted octanol–water partition coefficient (Wildman–Crippen LogP) is 2.71. The van der Waals surface area contributed by atoms with E-state index in [-0.39, 0.29) is 22.2 Å². The van der Waals surface area contributed by atoms with Crippen LogP contribution in [-0.2, 0) is 0 Å². The Morgan fingerprint density at radius 2 is 1.92 bits per heavy atom. The first kappa shape index (κ1) is 17.2. The molecule has 0 aliphatic carbocycles. The molecule has 0 amide bonds. The first-order chi connectivity index (χ1) is 12.5. The van der Waals surface area contributed by atoms with Gasteiger partial charge >= 0.3 is 5.69 Å². The van der Waals surface area contributed by atoms with E-state index in [1.807, 2.05) is 30.3 Å². The summed E-state index contributed by atoms with van der Waals surface area (Å²) >= 11 is 5.42. The van der Waals surface area contributed by atoms with Crippen molar-refractivity contribution in [3.05, 3.63) is 80.8 Å². The molecule has 0 aliphatic heterocycles. The highest BCUT2D eigenvalue weighted by Crippen LogP contribution is 2.27. The van der Waals surface area contributed by atoms with E-state index < -0.39 is 10.6 Å². The Labute approximate surface area is 152 Å². The molecule has 3 aromatic rings. The van der Waals surface area contributed by atoms with Gasteiger partial charge in [-0.05, 0) is 12.1 Å². The summed E-state index contributed by atoms with van der Waals surface area (Å²) < 4.78 is 0. The Bertz CT molecular complexity index is 1050. The molecule has 0 fully saturated rings. The van der Waals surface area contributed by atoms with Gasteiger partial charge in [0, 0.05) is 23.4 Å². The molecule has 0 bridgehead atoms. The second kappa shape index (κ2) is 7.11. The molecule has 0 radical (unpaired) electrons. The molecular weight excluding hydrogens is 354 g/mol. The molecule has 0 saturated heterocycles. The molecule has 0 aliphatic rings. The van der Waals surface area contributed by atoms with Crippen LogP contribution in [0.5, 0.6) is 0 Å². The molecule has 1 aromatic heterocycles. The van der Waals surface area contributed by atoms with E-state index in [4.69, 9.17) is 18.0 Å². The monoisotopic (exact) mass is 367 g/mol. The largest absolute Gasteiger partial charge is 0.383 e. The highest BCUT2D eigenvalue weighted by Gasteiger charge is 2.18. The van der Waals surface area contributed by atoms with Gasteiger partial charge in [0.05, 0.1) is 16.2 Å². The topological polar surface area (TPSA) is 127 Å². The fraction of sp³-hybridized carbons (Fsp3) is 0. The van der Waals surface area contributed by atoms with Crippen molar-refractivity contribution in [1.29, 1.82) is 0 Å². The van der Waals surface area contributed by atoms with Crippen molar-refractivity contribution in [3.8, 4) is 11.3 Å². The Hall–Kier alpha value is -3.59. The fourth-order valence-corrected chi connectivity index (χ4v) is 2.75. The normalized spacial score (nSPS) is 10.3. The van der Waals surface area contributed by atoms with Crippen LogP contribution in [-0.4, -0.2) is 19.9 Å². The molecule has 2 aromatic carbocycles. The van der Waals surface area contributed by atoms with Crippen LogP contribution in [0, 0.1) is 10.1 Å². The molecule has 0 saturated carbocycles. The standard InChI is InChI=1S/C17H13N5O3S/c18-15-13(16(26)19-11-6-2-1-3-7-11)14(20-17(23)21-15)10-5-4-8-12(9-10)22(24)25/h1-9H,(H,19,26)(H3,18,20,21,23). The van der Waals surface area contributed by atoms with Crippen molar-refractivity contribution >= 4 is 34.4 Å². The van der Waals surface area contributed by atoms with E-state index in [9.17, 15) is 14.9 Å². The van der Waals surface area contributed by atoms with Crippen molar-refractivity contribution in [3.63, 3.8) is 0 Å². The van der Waals surface area contributed by atoms with Gasteiger partial charge in [-0.1, -0.05) is 42.5 Å². The number of aromatic amines is 1. The van der Waals surface area contributed by atoms with Gasteiger partial charge in [0.2, 0.25) is 0 Å². The summed E-state index contributed by atoms with van der Waals surface area (Å²) in [7, 11) is 0. The van der Waals surface area contributed by atoms with Gasteiger partial charge in [0.1, 0.15) is 10.8 Å². The zero-order valence-corrected chi connectivity index (χ0v) is 14.1. The predicted molar refractivity (Wildman–Crippen MR) is 103 cm³/mol. The fourth-order valence-electron chi connectivity index (χ4n) is 2.43. The number of anilines is 2. The molecule has 0 unspecified atom stereocenters. The molecule has 3 rings (SSSR count). The van der Waals surface area contributed by atoms with Crippen LogP contribution in [0.1, 0.15) is 5.56 Å². The Morgan fingerprint density at radius 3 is 2.62 bits per heavy atom. The Balaban J connectivity index is 2.11. The van der Waals surface area contributed by atoms with E-state index >= 15 is 0 Å². The number of nitrogens with zero attached hydrogens (tertiary/aromatic N) is 2. The summed E-state index contributed by atoms with van der Waals surface area (Å²) in [5.74, 6) is -0.0660. The third-order valence-corrected chi connectivity index (χ3v) is 3.87. The Kier molecular flexibility index (Phi) is 4.72. The van der Waals surface area contributed by atoms with Crippen LogP contribution in [0.4, 0.5) is 17.2 Å². The molecule has 1 heterocycles. The van der Waals surface area contributed by atoms with E-state index in [1.165, 1.54) is 18.2 Å². The number of thiocarbonyl (C=S) groups is 1. The minimum Gasteiger partial charge on any atom is -0.383 e. The third-order valence-electron chi connectivity index (χ3n) is 3.56. The van der Waals surface area contributed by atoms with Crippen molar-refractivity contribution in [2.45, 2.75) is 0 Å². The molecule has 130 valence electrons. The minimum absolute atomic E-state index is 0.0660.